The molecule has 0 aromatic rings. The van der Waals surface area contributed by atoms with Crippen LogP contribution in [0, 0.1) is 0 Å². The standard InChI is InChI=1S/C9H20ClN.ClH/c1-7(2)11(8(3)4)6-9(5)10;/h7-9H,6H2,1-5H3;1H. The SMILES string of the molecule is CC(Cl)CN(C(C)C)C(C)C.Cl. The number of alkyl halides is 1. The summed E-state index contributed by atoms with van der Waals surface area (Å²) in [5.74, 6) is 0. The average Bonchev–Trinajstić information content (AvgIpc) is 1.81. The number of hydrogen-bond donors (Lipinski definition) is 0. The highest BCUT2D eigenvalue weighted by atomic mass is 35.5. The second kappa shape index (κ2) is 6.99. The molecule has 0 radical (unpaired) electrons. The van der Waals surface area contributed by atoms with E-state index in [9.17, 15) is 0 Å². The Morgan fingerprint density at radius 1 is 1.00 bits per heavy atom. The maximum absolute atomic E-state index is 5.92. The lowest BCUT2D eigenvalue weighted by Crippen LogP contribution is -2.40. The summed E-state index contributed by atoms with van der Waals surface area (Å²) in [5.41, 5.74) is 0. The van der Waals surface area contributed by atoms with Crippen molar-refractivity contribution in [1.29, 1.82) is 0 Å². The summed E-state index contributed by atoms with van der Waals surface area (Å²) in [5, 5.41) is 0.250. The fourth-order valence-electron chi connectivity index (χ4n) is 1.31. The smallest absolute Gasteiger partial charge is 0.0435 e. The van der Waals surface area contributed by atoms with E-state index in [0.717, 1.165) is 6.54 Å². The van der Waals surface area contributed by atoms with Gasteiger partial charge in [-0.2, -0.15) is 0 Å². The van der Waals surface area contributed by atoms with E-state index in [1.807, 2.05) is 6.92 Å². The molecule has 0 saturated carbocycles. The van der Waals surface area contributed by atoms with Gasteiger partial charge in [-0.15, -0.1) is 24.0 Å². The lowest BCUT2D eigenvalue weighted by molar-refractivity contribution is 0.177. The highest BCUT2D eigenvalue weighted by Gasteiger charge is 2.14. The minimum atomic E-state index is 0. The quantitative estimate of drug-likeness (QED) is 0.650. The Balaban J connectivity index is 0. The fourth-order valence-corrected chi connectivity index (χ4v) is 1.47. The first-order valence-electron chi connectivity index (χ1n) is 4.35. The molecule has 0 spiro atoms. The van der Waals surface area contributed by atoms with Crippen molar-refractivity contribution in [3.63, 3.8) is 0 Å². The monoisotopic (exact) mass is 213 g/mol. The van der Waals surface area contributed by atoms with Gasteiger partial charge in [0.05, 0.1) is 0 Å². The van der Waals surface area contributed by atoms with E-state index in [4.69, 9.17) is 11.6 Å². The topological polar surface area (TPSA) is 3.24 Å². The van der Waals surface area contributed by atoms with Crippen molar-refractivity contribution in [3.8, 4) is 0 Å². The molecule has 0 rings (SSSR count). The van der Waals surface area contributed by atoms with Gasteiger partial charge in [-0.25, -0.2) is 0 Å². The Bertz CT molecular complexity index is 94.7. The van der Waals surface area contributed by atoms with Crippen molar-refractivity contribution in [2.24, 2.45) is 0 Å². The van der Waals surface area contributed by atoms with Crippen LogP contribution < -0.4 is 0 Å². The Morgan fingerprint density at radius 3 is 1.42 bits per heavy atom. The highest BCUT2D eigenvalue weighted by molar-refractivity contribution is 6.20. The predicted octanol–water partition coefficient (Wildman–Crippen LogP) is 3.15. The van der Waals surface area contributed by atoms with Gasteiger partial charge in [0.15, 0.2) is 0 Å². The molecule has 76 valence electrons. The first-order valence-corrected chi connectivity index (χ1v) is 4.78. The van der Waals surface area contributed by atoms with Crippen molar-refractivity contribution in [2.45, 2.75) is 52.1 Å². The van der Waals surface area contributed by atoms with Crippen LogP contribution in [0.5, 0.6) is 0 Å². The fraction of sp³-hybridized carbons (Fsp3) is 1.00. The third-order valence-corrected chi connectivity index (χ3v) is 1.93. The van der Waals surface area contributed by atoms with Gasteiger partial charge in [0.2, 0.25) is 0 Å². The van der Waals surface area contributed by atoms with E-state index >= 15 is 0 Å². The summed E-state index contributed by atoms with van der Waals surface area (Å²) in [6.45, 7) is 11.9. The Morgan fingerprint density at radius 2 is 1.33 bits per heavy atom. The van der Waals surface area contributed by atoms with Crippen LogP contribution in [0.1, 0.15) is 34.6 Å². The molecule has 0 fully saturated rings. The largest absolute Gasteiger partial charge is 0.297 e. The van der Waals surface area contributed by atoms with Crippen LogP contribution in [0.25, 0.3) is 0 Å². The van der Waals surface area contributed by atoms with Crippen LogP contribution in [0.15, 0.2) is 0 Å². The van der Waals surface area contributed by atoms with E-state index in [1.54, 1.807) is 0 Å². The first kappa shape index (κ1) is 15.0. The highest BCUT2D eigenvalue weighted by Crippen LogP contribution is 2.08. The van der Waals surface area contributed by atoms with Gasteiger partial charge in [0.1, 0.15) is 0 Å². The zero-order chi connectivity index (χ0) is 9.02. The maximum Gasteiger partial charge on any atom is 0.0435 e. The molecular formula is C9H21Cl2N. The summed E-state index contributed by atoms with van der Waals surface area (Å²) in [6.07, 6.45) is 0. The molecule has 3 heteroatoms. The van der Waals surface area contributed by atoms with Gasteiger partial charge in [-0.3, -0.25) is 4.90 Å². The van der Waals surface area contributed by atoms with E-state index in [1.165, 1.54) is 0 Å². The molecule has 0 aliphatic rings. The third kappa shape index (κ3) is 6.10. The van der Waals surface area contributed by atoms with Crippen molar-refractivity contribution >= 4 is 24.0 Å². The lowest BCUT2D eigenvalue weighted by Gasteiger charge is -2.31. The van der Waals surface area contributed by atoms with E-state index in [-0.39, 0.29) is 17.8 Å². The van der Waals surface area contributed by atoms with Gasteiger partial charge in [0, 0.05) is 24.0 Å². The maximum atomic E-state index is 5.92. The van der Waals surface area contributed by atoms with E-state index < -0.39 is 0 Å². The second-order valence-corrected chi connectivity index (χ2v) is 4.41. The molecule has 0 bridgehead atoms. The molecule has 1 atom stereocenters. The third-order valence-electron chi connectivity index (χ3n) is 1.79. The van der Waals surface area contributed by atoms with Crippen LogP contribution in [0.4, 0.5) is 0 Å². The number of halogens is 2. The van der Waals surface area contributed by atoms with Crippen molar-refractivity contribution in [2.75, 3.05) is 6.54 Å². The Hall–Kier alpha value is 0.540. The van der Waals surface area contributed by atoms with E-state index in [2.05, 4.69) is 32.6 Å². The van der Waals surface area contributed by atoms with Crippen molar-refractivity contribution < 1.29 is 0 Å². The number of hydrogen-bond acceptors (Lipinski definition) is 1. The van der Waals surface area contributed by atoms with Crippen LogP contribution in [-0.2, 0) is 0 Å². The van der Waals surface area contributed by atoms with Gasteiger partial charge in [-0.05, 0) is 34.6 Å². The van der Waals surface area contributed by atoms with Crippen LogP contribution in [0.2, 0.25) is 0 Å². The Labute approximate surface area is 87.9 Å². The molecule has 0 heterocycles. The molecule has 0 aromatic heterocycles. The summed E-state index contributed by atoms with van der Waals surface area (Å²) in [4.78, 5) is 2.40. The Kier molecular flexibility index (Phi) is 8.76. The first-order chi connectivity index (χ1) is 4.95. The molecule has 1 nitrogen and oxygen atoms in total. The molecular weight excluding hydrogens is 193 g/mol. The lowest BCUT2D eigenvalue weighted by atomic mass is 10.2. The molecule has 1 unspecified atom stereocenters. The molecule has 0 saturated heterocycles. The molecule has 0 N–H and O–H groups in total. The average molecular weight is 214 g/mol. The van der Waals surface area contributed by atoms with Gasteiger partial charge < -0.3 is 0 Å². The number of nitrogens with zero attached hydrogens (tertiary/aromatic N) is 1. The van der Waals surface area contributed by atoms with Crippen LogP contribution in [0.3, 0.4) is 0 Å². The van der Waals surface area contributed by atoms with Gasteiger partial charge >= 0.3 is 0 Å². The summed E-state index contributed by atoms with van der Waals surface area (Å²) in [7, 11) is 0. The summed E-state index contributed by atoms with van der Waals surface area (Å²) < 4.78 is 0. The predicted molar refractivity (Wildman–Crippen MR) is 59.5 cm³/mol. The zero-order valence-electron chi connectivity index (χ0n) is 8.67. The number of rotatable bonds is 4. The summed E-state index contributed by atoms with van der Waals surface area (Å²) >= 11 is 5.92. The van der Waals surface area contributed by atoms with Crippen LogP contribution >= 0.6 is 24.0 Å². The van der Waals surface area contributed by atoms with Crippen LogP contribution in [-0.4, -0.2) is 28.9 Å². The molecule has 0 aliphatic heterocycles. The normalized spacial score (nSPS) is 13.8. The molecule has 0 amide bonds. The van der Waals surface area contributed by atoms with Gasteiger partial charge in [0.25, 0.3) is 0 Å². The van der Waals surface area contributed by atoms with Crippen molar-refractivity contribution in [1.82, 2.24) is 4.90 Å². The molecule has 12 heavy (non-hydrogen) atoms. The molecule has 0 aromatic carbocycles. The second-order valence-electron chi connectivity index (χ2n) is 3.67. The van der Waals surface area contributed by atoms with E-state index in [0.29, 0.717) is 12.1 Å². The van der Waals surface area contributed by atoms with Crippen molar-refractivity contribution in [3.05, 3.63) is 0 Å². The minimum Gasteiger partial charge on any atom is -0.297 e. The minimum absolute atomic E-state index is 0. The van der Waals surface area contributed by atoms with Gasteiger partial charge in [-0.1, -0.05) is 0 Å². The summed E-state index contributed by atoms with van der Waals surface area (Å²) in [6, 6.07) is 1.19. The molecule has 0 aliphatic carbocycles. The zero-order valence-corrected chi connectivity index (χ0v) is 10.2.